The van der Waals surface area contributed by atoms with E-state index in [0.717, 1.165) is 161 Å². The minimum atomic E-state index is -4.99. The summed E-state index contributed by atoms with van der Waals surface area (Å²) >= 11 is 0. The molecule has 0 aromatic carbocycles. The lowest BCUT2D eigenvalue weighted by Gasteiger charge is -2.21. The number of ether oxygens (including phenoxy) is 4. The van der Waals surface area contributed by atoms with Gasteiger partial charge in [0.2, 0.25) is 0 Å². The zero-order chi connectivity index (χ0) is 74.6. The number of carbonyl (C=O) groups is 4. The normalized spacial score (nSPS) is 14.5. The number of hydrogen-bond acceptors (Lipinski definition) is 15. The second-order valence-corrected chi connectivity index (χ2v) is 29.5. The third kappa shape index (κ3) is 74.0. The standard InChI is InChI=1S/C83H144O17P2/c1-5-9-13-17-21-25-29-33-36-37-38-39-42-45-48-52-56-60-64-68-81(86)94-74-79(100-83(88)70-66-62-58-54-50-46-41-35-31-27-23-19-15-11-7-3)76-98-102(91,92)96-72-77(84)71-95-101(89,90)97-75-78(99-82(87)69-65-61-57-53-49-43-32-28-24-20-16-12-8-4)73-93-80(85)67-63-59-55-51-47-44-40-34-30-26-22-18-14-10-6-2/h9,11,13,15,21,23,25,27-28,32-33,35-36,38-39,41,45,48,77-79,84H,5-8,10,12,14,16-20,22,24,26,29-31,34,37,40,42-44,46-47,49-76H2,1-4H3,(H,89,90)(H,91,92)/b13-9-,15-11-,25-21-,27-23-,32-28-,36-33-,39-38-,41-35-,48-45-. The predicted molar refractivity (Wildman–Crippen MR) is 418 cm³/mol. The SMILES string of the molecule is CC/C=C\C/C=C\C/C=C\C/C=C\C/C=C\CCCCCC(=O)OCC(COP(=O)(O)OCC(O)COP(=O)(O)OCC(COC(=O)CCCCCCCCCCCCCCCCC)OC(=O)CCCCCCC/C=C\CCCCCC)OC(=O)CCCCCCC/C=C\C/C=C\C/C=C\CC. The van der Waals surface area contributed by atoms with E-state index in [1.54, 1.807) is 0 Å². The van der Waals surface area contributed by atoms with Crippen LogP contribution in [0.15, 0.2) is 109 Å². The Hall–Kier alpha value is -4.28. The molecule has 0 fully saturated rings. The summed E-state index contributed by atoms with van der Waals surface area (Å²) in [5, 5.41) is 10.6. The van der Waals surface area contributed by atoms with E-state index in [-0.39, 0.29) is 25.7 Å². The minimum Gasteiger partial charge on any atom is -0.462 e. The molecule has 0 aromatic heterocycles. The van der Waals surface area contributed by atoms with E-state index in [2.05, 4.69) is 137 Å². The average Bonchev–Trinajstić information content (AvgIpc) is 0.924. The molecule has 0 bridgehead atoms. The van der Waals surface area contributed by atoms with Gasteiger partial charge in [0.05, 0.1) is 26.4 Å². The van der Waals surface area contributed by atoms with Gasteiger partial charge in [0.25, 0.3) is 0 Å². The van der Waals surface area contributed by atoms with Crippen LogP contribution in [-0.4, -0.2) is 96.7 Å². The monoisotopic (exact) mass is 1470 g/mol. The molecule has 102 heavy (non-hydrogen) atoms. The number of unbranched alkanes of at least 4 members (excludes halogenated alkanes) is 31. The number of esters is 4. The van der Waals surface area contributed by atoms with Crippen molar-refractivity contribution in [2.45, 2.75) is 354 Å². The van der Waals surface area contributed by atoms with Gasteiger partial charge < -0.3 is 33.8 Å². The molecule has 0 rings (SSSR count). The van der Waals surface area contributed by atoms with Gasteiger partial charge in [0.15, 0.2) is 12.2 Å². The number of allylic oxidation sites excluding steroid dienone is 18. The zero-order valence-corrected chi connectivity index (χ0v) is 66.0. The molecule has 5 atom stereocenters. The van der Waals surface area contributed by atoms with Crippen molar-refractivity contribution >= 4 is 39.5 Å². The van der Waals surface area contributed by atoms with Crippen molar-refractivity contribution < 1.29 is 80.2 Å². The van der Waals surface area contributed by atoms with Crippen LogP contribution in [0.5, 0.6) is 0 Å². The molecule has 0 aliphatic carbocycles. The van der Waals surface area contributed by atoms with E-state index in [9.17, 15) is 43.2 Å². The topological polar surface area (TPSA) is 237 Å². The molecule has 3 N–H and O–H groups in total. The van der Waals surface area contributed by atoms with Crippen LogP contribution in [0.2, 0.25) is 0 Å². The molecule has 17 nitrogen and oxygen atoms in total. The zero-order valence-electron chi connectivity index (χ0n) is 64.3. The smallest absolute Gasteiger partial charge is 0.462 e. The van der Waals surface area contributed by atoms with E-state index >= 15 is 0 Å². The fourth-order valence-corrected chi connectivity index (χ4v) is 12.2. The van der Waals surface area contributed by atoms with Crippen LogP contribution in [0.25, 0.3) is 0 Å². The van der Waals surface area contributed by atoms with Crippen LogP contribution in [0.4, 0.5) is 0 Å². The fourth-order valence-electron chi connectivity index (χ4n) is 10.7. The summed E-state index contributed by atoms with van der Waals surface area (Å²) < 4.78 is 68.6. The highest BCUT2D eigenvalue weighted by Gasteiger charge is 2.30. The molecule has 0 amide bonds. The van der Waals surface area contributed by atoms with Crippen LogP contribution >= 0.6 is 15.6 Å². The van der Waals surface area contributed by atoms with Gasteiger partial charge in [-0.1, -0.05) is 291 Å². The Bertz CT molecular complexity index is 2360. The van der Waals surface area contributed by atoms with Gasteiger partial charge in [-0.25, -0.2) is 9.13 Å². The predicted octanol–water partition coefficient (Wildman–Crippen LogP) is 23.3. The van der Waals surface area contributed by atoms with Crippen molar-refractivity contribution in [3.05, 3.63) is 109 Å². The van der Waals surface area contributed by atoms with Crippen molar-refractivity contribution in [3.8, 4) is 0 Å². The van der Waals surface area contributed by atoms with Gasteiger partial charge in [-0.2, -0.15) is 0 Å². The average molecular weight is 1480 g/mol. The molecule has 0 spiro atoms. The summed E-state index contributed by atoms with van der Waals surface area (Å²) in [7, 11) is -9.97. The maximum atomic E-state index is 13.1. The van der Waals surface area contributed by atoms with Crippen molar-refractivity contribution in [3.63, 3.8) is 0 Å². The third-order valence-corrected chi connectivity index (χ3v) is 18.6. The molecule has 0 heterocycles. The van der Waals surface area contributed by atoms with Gasteiger partial charge >= 0.3 is 39.5 Å². The van der Waals surface area contributed by atoms with Gasteiger partial charge in [-0.15, -0.1) is 0 Å². The molecule has 0 aromatic rings. The molecule has 0 aliphatic heterocycles. The first-order chi connectivity index (χ1) is 49.7. The summed E-state index contributed by atoms with van der Waals surface area (Å²) in [6.45, 7) is 4.61. The number of hydrogen-bond donors (Lipinski definition) is 3. The van der Waals surface area contributed by atoms with Gasteiger partial charge in [0.1, 0.15) is 19.3 Å². The van der Waals surface area contributed by atoms with Gasteiger partial charge in [-0.3, -0.25) is 37.3 Å². The van der Waals surface area contributed by atoms with Crippen molar-refractivity contribution in [2.75, 3.05) is 39.6 Å². The Labute approximate surface area is 619 Å². The quantitative estimate of drug-likeness (QED) is 0.0169. The summed E-state index contributed by atoms with van der Waals surface area (Å²) in [6.07, 6.45) is 80.7. The lowest BCUT2D eigenvalue weighted by molar-refractivity contribution is -0.161. The van der Waals surface area contributed by atoms with E-state index < -0.39 is 97.5 Å². The summed E-state index contributed by atoms with van der Waals surface area (Å²) in [6, 6.07) is 0. The first kappa shape index (κ1) is 97.7. The van der Waals surface area contributed by atoms with Gasteiger partial charge in [-0.05, 0) is 128 Å². The maximum absolute atomic E-state index is 13.1. The van der Waals surface area contributed by atoms with Gasteiger partial charge in [0, 0.05) is 25.7 Å². The van der Waals surface area contributed by atoms with Crippen LogP contribution in [0.1, 0.15) is 336 Å². The van der Waals surface area contributed by atoms with Crippen LogP contribution in [0.3, 0.4) is 0 Å². The molecule has 19 heteroatoms. The Balaban J connectivity index is 5.38. The van der Waals surface area contributed by atoms with Crippen LogP contribution < -0.4 is 0 Å². The molecule has 0 saturated heterocycles. The lowest BCUT2D eigenvalue weighted by atomic mass is 10.0. The molecule has 5 unspecified atom stereocenters. The van der Waals surface area contributed by atoms with Crippen molar-refractivity contribution in [1.82, 2.24) is 0 Å². The number of carbonyl (C=O) groups excluding carboxylic acids is 4. The van der Waals surface area contributed by atoms with E-state index in [1.807, 2.05) is 0 Å². The number of aliphatic hydroxyl groups excluding tert-OH is 1. The lowest BCUT2D eigenvalue weighted by Crippen LogP contribution is -2.30. The second-order valence-electron chi connectivity index (χ2n) is 26.6. The Morgan fingerprint density at radius 2 is 0.510 bits per heavy atom. The van der Waals surface area contributed by atoms with E-state index in [4.69, 9.17) is 37.0 Å². The highest BCUT2D eigenvalue weighted by Crippen LogP contribution is 2.45. The largest absolute Gasteiger partial charge is 0.472 e. The molecule has 0 radical (unpaired) electrons. The van der Waals surface area contributed by atoms with Crippen LogP contribution in [0, 0.1) is 0 Å². The maximum Gasteiger partial charge on any atom is 0.472 e. The number of phosphoric ester groups is 2. The molecular weight excluding hydrogens is 1330 g/mol. The first-order valence-corrected chi connectivity index (χ1v) is 43.1. The molecular formula is C83H144O17P2. The molecule has 588 valence electrons. The van der Waals surface area contributed by atoms with E-state index in [1.165, 1.54) is 96.3 Å². The van der Waals surface area contributed by atoms with Crippen molar-refractivity contribution in [1.29, 1.82) is 0 Å². The molecule has 0 saturated carbocycles. The number of aliphatic hydroxyl groups is 1. The highest BCUT2D eigenvalue weighted by atomic mass is 31.2. The number of rotatable bonds is 75. The second kappa shape index (κ2) is 75.0. The number of phosphoric acid groups is 2. The summed E-state index contributed by atoms with van der Waals surface area (Å²) in [4.78, 5) is 73.0. The first-order valence-electron chi connectivity index (χ1n) is 40.1. The fraction of sp³-hybridized carbons (Fsp3) is 0.735. The highest BCUT2D eigenvalue weighted by molar-refractivity contribution is 7.47. The minimum absolute atomic E-state index is 0.0664. The van der Waals surface area contributed by atoms with Crippen molar-refractivity contribution in [2.24, 2.45) is 0 Å². The summed E-state index contributed by atoms with van der Waals surface area (Å²) in [5.74, 6) is -2.22. The molecule has 0 aliphatic rings. The third-order valence-electron chi connectivity index (χ3n) is 16.7. The Kier molecular flexibility index (Phi) is 71.8. The Morgan fingerprint density at radius 3 is 0.814 bits per heavy atom. The Morgan fingerprint density at radius 1 is 0.284 bits per heavy atom. The summed E-state index contributed by atoms with van der Waals surface area (Å²) in [5.41, 5.74) is 0. The van der Waals surface area contributed by atoms with E-state index in [0.29, 0.717) is 25.7 Å². The van der Waals surface area contributed by atoms with Crippen LogP contribution in [-0.2, 0) is 65.4 Å².